The maximum absolute atomic E-state index is 12.0. The molecule has 6 fully saturated rings. The molecule has 40 nitrogen and oxygen atoms in total. The maximum atomic E-state index is 12.0. The Morgan fingerprint density at radius 2 is 0.438 bits per heavy atom. The van der Waals surface area contributed by atoms with E-state index in [-0.39, 0.29) is 44.9 Å². The minimum atomic E-state index is -2.20. The molecule has 0 aromatic carbocycles. The van der Waals surface area contributed by atoms with Crippen LogP contribution in [-0.4, -0.2) is 443 Å². The number of ether oxygens (including phenoxy) is 19. The molecule has 21 N–H and O–H groups in total. The smallest absolute Gasteiger partial charge is 0.187 e. The molecule has 0 saturated carbocycles. The van der Waals surface area contributed by atoms with Crippen LogP contribution in [0.3, 0.4) is 0 Å². The average molecular weight is 1770 g/mol. The van der Waals surface area contributed by atoms with Crippen LogP contribution in [0.15, 0.2) is 0 Å². The number of unbranched alkanes of at least 4 members (excludes halogenated alkanes) is 16. The lowest BCUT2D eigenvalue weighted by atomic mass is 9.91. The quantitative estimate of drug-likeness (QED) is 0.0256. The van der Waals surface area contributed by atoms with Gasteiger partial charge < -0.3 is 197 Å². The normalized spacial score (nSPS) is 35.6. The van der Waals surface area contributed by atoms with Crippen molar-refractivity contribution in [3.63, 3.8) is 0 Å². The van der Waals surface area contributed by atoms with Crippen LogP contribution in [-0.2, 0) is 90.0 Å². The first-order valence-electron chi connectivity index (χ1n) is 44.0. The monoisotopic (exact) mass is 1760 g/mol. The second kappa shape index (κ2) is 59.7. The van der Waals surface area contributed by atoms with Gasteiger partial charge in [-0.25, -0.2) is 0 Å². The molecule has 0 spiro atoms. The van der Waals surface area contributed by atoms with E-state index in [0.717, 1.165) is 128 Å². The molecule has 121 heavy (non-hydrogen) atoms. The highest BCUT2D eigenvalue weighted by molar-refractivity contribution is 4.99. The second-order valence-electron chi connectivity index (χ2n) is 33.1. The van der Waals surface area contributed by atoms with Crippen LogP contribution in [0.4, 0.5) is 0 Å². The summed E-state index contributed by atoms with van der Waals surface area (Å²) in [5, 5.41) is 231. The van der Waals surface area contributed by atoms with E-state index in [2.05, 4.69) is 27.7 Å². The van der Waals surface area contributed by atoms with E-state index in [1.165, 1.54) is 0 Å². The Kier molecular flexibility index (Phi) is 53.3. The molecule has 0 amide bonds. The van der Waals surface area contributed by atoms with Gasteiger partial charge in [0.05, 0.1) is 131 Å². The number of rotatable bonds is 65. The highest BCUT2D eigenvalue weighted by atomic mass is 16.8. The molecule has 6 rings (SSSR count). The zero-order valence-electron chi connectivity index (χ0n) is 71.1. The third-order valence-corrected chi connectivity index (χ3v) is 22.7. The summed E-state index contributed by atoms with van der Waals surface area (Å²) < 4.78 is 116. The Balaban J connectivity index is 1.40. The van der Waals surface area contributed by atoms with Gasteiger partial charge in [0.2, 0.25) is 0 Å². The minimum Gasteiger partial charge on any atom is -0.394 e. The summed E-state index contributed by atoms with van der Waals surface area (Å²) in [6, 6.07) is 0. The van der Waals surface area contributed by atoms with Gasteiger partial charge in [0.25, 0.3) is 0 Å². The van der Waals surface area contributed by atoms with Crippen molar-refractivity contribution < 1.29 is 197 Å². The molecule has 6 aliphatic rings. The standard InChI is InChI=1S/C81H152O40/c1-5-9-13-17-21-25-103-35-48(36-104-26-22-18-14-10-6-2)39-107-41-50(42-108-40-49(37-105-27-23-19-15-11-7-3)38-106-28-24-20-16-12-8-4)43-109-44-81(45-110-75-69(100)63(94)72(54(32-85)116-75)119-78-66(97)60(91)57(88)51(29-82)113-78,46-111-76-70(101)64(95)73(55(33-86)117-76)120-79-67(98)61(92)58(89)52(30-83)114-79)47-112-77-71(102)65(96)74(56(34-87)118-77)121-80-68(99)62(93)59(90)53(31-84)115-80/h48-80,82-102H,5-47H2,1-4H3/t51?,52?,53?,54?,55?,56?,57-,58-,59-,60+,61?,62?,63?,64?,65?,66?,67?,68?,69?,70+,71?,72-,73-,74+,75-,76-,77-,78-,79-,80-,81?/m1/s1. The van der Waals surface area contributed by atoms with Gasteiger partial charge in [-0.3, -0.25) is 0 Å². The lowest BCUT2D eigenvalue weighted by Crippen LogP contribution is -2.65. The summed E-state index contributed by atoms with van der Waals surface area (Å²) in [6.07, 6.45) is -36.8. The molecule has 6 saturated heterocycles. The SMILES string of the molecule is CCCCCCCOCC(COCCCCCCC)COCC(COCC(COCCCCCCC)COCCCCCCC)COCC(CO[C@@H]1OC(CO)[C@@H](O[C@H]2OC(CO)[C@@H](O)[C@H](O)C2O)C(O)C1O)(CO[C@@H]1OC(CO)[C@H](O[C@H]2OC(CO)[C@@H](O)C(O)C2O)C(O)C1O)CO[C@@H]1OC(CO)[C@@H](O[C@H]2OC(CO)[C@@H](O)C(O)C2O)C(O)[C@@H]1O. The van der Waals surface area contributed by atoms with Gasteiger partial charge in [-0.15, -0.1) is 0 Å². The first-order chi connectivity index (χ1) is 58.3. The zero-order chi connectivity index (χ0) is 88.4. The van der Waals surface area contributed by atoms with Crippen molar-refractivity contribution in [1.82, 2.24) is 0 Å². The fourth-order valence-corrected chi connectivity index (χ4v) is 15.0. The highest BCUT2D eigenvalue weighted by Crippen LogP contribution is 2.37. The summed E-state index contributed by atoms with van der Waals surface area (Å²) in [7, 11) is 0. The van der Waals surface area contributed by atoms with E-state index in [9.17, 15) is 107 Å². The van der Waals surface area contributed by atoms with Crippen molar-refractivity contribution in [2.75, 3.05) is 152 Å². The van der Waals surface area contributed by atoms with Gasteiger partial charge in [0, 0.05) is 44.2 Å². The van der Waals surface area contributed by atoms with Crippen molar-refractivity contribution >= 4 is 0 Å². The lowest BCUT2D eigenvalue weighted by molar-refractivity contribution is -0.370. The van der Waals surface area contributed by atoms with E-state index >= 15 is 0 Å². The first kappa shape index (κ1) is 108. The predicted molar refractivity (Wildman–Crippen MR) is 421 cm³/mol. The fraction of sp³-hybridized carbons (Fsp3) is 1.00. The summed E-state index contributed by atoms with van der Waals surface area (Å²) in [6.45, 7) is 3.04. The van der Waals surface area contributed by atoms with E-state index in [4.69, 9.17) is 90.0 Å². The predicted octanol–water partition coefficient (Wildman–Crippen LogP) is -4.26. The Morgan fingerprint density at radius 1 is 0.223 bits per heavy atom. The molecule has 40 heteroatoms. The molecule has 17 unspecified atom stereocenters. The Bertz CT molecular complexity index is 2300. The van der Waals surface area contributed by atoms with Crippen molar-refractivity contribution in [3.8, 4) is 0 Å². The van der Waals surface area contributed by atoms with Gasteiger partial charge in [-0.05, 0) is 25.7 Å². The number of hydrogen-bond donors (Lipinski definition) is 21. The Hall–Kier alpha value is -1.60. The van der Waals surface area contributed by atoms with Gasteiger partial charge in [-0.2, -0.15) is 0 Å². The fourth-order valence-electron chi connectivity index (χ4n) is 15.0. The van der Waals surface area contributed by atoms with E-state index in [0.29, 0.717) is 52.9 Å². The number of aliphatic hydroxyl groups is 21. The molecular weight excluding hydrogens is 1610 g/mol. The molecule has 6 heterocycles. The van der Waals surface area contributed by atoms with Gasteiger partial charge in [0.15, 0.2) is 37.7 Å². The average Bonchev–Trinajstić information content (AvgIpc) is 0.791. The number of aliphatic hydroxyl groups excluding tert-OH is 21. The second-order valence-corrected chi connectivity index (χ2v) is 33.1. The van der Waals surface area contributed by atoms with Crippen LogP contribution in [0.2, 0.25) is 0 Å². The summed E-state index contributed by atoms with van der Waals surface area (Å²) in [5.41, 5.74) is -2.07. The van der Waals surface area contributed by atoms with E-state index < -0.39 is 262 Å². The van der Waals surface area contributed by atoms with E-state index in [1.54, 1.807) is 0 Å². The third kappa shape index (κ3) is 34.6. The largest absolute Gasteiger partial charge is 0.394 e. The Morgan fingerprint density at radius 3 is 0.678 bits per heavy atom. The molecule has 0 radical (unpaired) electrons. The van der Waals surface area contributed by atoms with E-state index in [1.807, 2.05) is 0 Å². The van der Waals surface area contributed by atoms with Gasteiger partial charge in [0.1, 0.15) is 146 Å². The minimum absolute atomic E-state index is 0.0209. The van der Waals surface area contributed by atoms with Crippen molar-refractivity contribution in [1.29, 1.82) is 0 Å². The highest BCUT2D eigenvalue weighted by Gasteiger charge is 2.56. The molecular formula is C81H152O40. The van der Waals surface area contributed by atoms with Crippen molar-refractivity contribution in [2.24, 2.45) is 23.2 Å². The van der Waals surface area contributed by atoms with Gasteiger partial charge in [-0.1, -0.05) is 130 Å². The lowest BCUT2D eigenvalue weighted by Gasteiger charge is -2.47. The van der Waals surface area contributed by atoms with Crippen LogP contribution in [0.5, 0.6) is 0 Å². The first-order valence-corrected chi connectivity index (χ1v) is 44.0. The summed E-state index contributed by atoms with van der Waals surface area (Å²) in [4.78, 5) is 0. The van der Waals surface area contributed by atoms with Crippen molar-refractivity contribution in [2.45, 2.75) is 340 Å². The van der Waals surface area contributed by atoms with Crippen LogP contribution in [0, 0.1) is 23.2 Å². The zero-order valence-corrected chi connectivity index (χ0v) is 71.1. The third-order valence-electron chi connectivity index (χ3n) is 22.7. The maximum Gasteiger partial charge on any atom is 0.187 e. The molecule has 0 aromatic heterocycles. The molecule has 0 bridgehead atoms. The molecule has 6 aliphatic heterocycles. The van der Waals surface area contributed by atoms with Crippen molar-refractivity contribution in [3.05, 3.63) is 0 Å². The number of hydrogen-bond acceptors (Lipinski definition) is 40. The van der Waals surface area contributed by atoms with Crippen LogP contribution in [0.1, 0.15) is 156 Å². The topological polar surface area (TPSA) is 600 Å². The molecule has 31 atom stereocenters. The summed E-state index contributed by atoms with van der Waals surface area (Å²) >= 11 is 0. The van der Waals surface area contributed by atoms with Crippen LogP contribution >= 0.6 is 0 Å². The van der Waals surface area contributed by atoms with Crippen LogP contribution < -0.4 is 0 Å². The van der Waals surface area contributed by atoms with Gasteiger partial charge >= 0.3 is 0 Å². The summed E-state index contributed by atoms with van der Waals surface area (Å²) in [5.74, 6) is -1.12. The molecule has 716 valence electrons. The molecule has 0 aromatic rings. The molecule has 0 aliphatic carbocycles. The van der Waals surface area contributed by atoms with Crippen LogP contribution in [0.25, 0.3) is 0 Å². The Labute approximate surface area is 710 Å².